The van der Waals surface area contributed by atoms with E-state index in [-0.39, 0.29) is 21.3 Å². The van der Waals surface area contributed by atoms with Gasteiger partial charge in [-0.05, 0) is 55.3 Å². The first-order chi connectivity index (χ1) is 14.2. The van der Waals surface area contributed by atoms with Crippen LogP contribution in [0.1, 0.15) is 11.1 Å². The van der Waals surface area contributed by atoms with Gasteiger partial charge in [0.05, 0.1) is 21.4 Å². The molecule has 0 radical (unpaired) electrons. The van der Waals surface area contributed by atoms with Crippen molar-refractivity contribution in [3.8, 4) is 0 Å². The first-order valence-electron chi connectivity index (χ1n) is 9.19. The maximum Gasteiger partial charge on any atom is 0.294 e. The molecule has 0 aliphatic heterocycles. The molecule has 0 atom stereocenters. The van der Waals surface area contributed by atoms with E-state index in [9.17, 15) is 22.6 Å². The molecular formula is C22H16N2O5S. The van der Waals surface area contributed by atoms with E-state index >= 15 is 0 Å². The van der Waals surface area contributed by atoms with Crippen LogP contribution in [0.25, 0.3) is 43.6 Å². The Bertz CT molecular complexity index is 1780. The molecule has 3 N–H and O–H groups in total. The predicted octanol–water partition coefficient (Wildman–Crippen LogP) is 3.54. The van der Waals surface area contributed by atoms with Gasteiger partial charge in [0.25, 0.3) is 10.1 Å². The lowest BCUT2D eigenvalue weighted by atomic mass is 10.0. The maximum atomic E-state index is 13.3. The summed E-state index contributed by atoms with van der Waals surface area (Å²) in [5, 5.41) is 1.67. The monoisotopic (exact) mass is 420 g/mol. The summed E-state index contributed by atoms with van der Waals surface area (Å²) >= 11 is 0. The average molecular weight is 420 g/mol. The standard InChI is InChI=1S/C22H16N2O5S/c1-10-7-18(30(27,28)29)11(2)20-19(10)22(26)14-9-16-13(8-17(14)24-20)21(25)12-5-3-4-6-15(12)23-16/h3-9H,1-2H3,(H,23,25)(H,24,26)(H,27,28,29). The lowest BCUT2D eigenvalue weighted by molar-refractivity contribution is 0.482. The molecular weight excluding hydrogens is 404 g/mol. The number of aromatic amines is 2. The molecule has 3 aromatic carbocycles. The molecule has 2 heterocycles. The molecule has 0 amide bonds. The van der Waals surface area contributed by atoms with E-state index in [1.807, 2.05) is 6.07 Å². The highest BCUT2D eigenvalue weighted by Gasteiger charge is 2.20. The van der Waals surface area contributed by atoms with Crippen LogP contribution in [-0.2, 0) is 10.1 Å². The Balaban J connectivity index is 2.01. The number of benzene rings is 3. The van der Waals surface area contributed by atoms with Gasteiger partial charge in [-0.15, -0.1) is 0 Å². The molecule has 30 heavy (non-hydrogen) atoms. The number of hydrogen-bond acceptors (Lipinski definition) is 4. The smallest absolute Gasteiger partial charge is 0.294 e. The van der Waals surface area contributed by atoms with Crippen LogP contribution < -0.4 is 10.9 Å². The van der Waals surface area contributed by atoms with Crippen LogP contribution in [0, 0.1) is 13.8 Å². The molecule has 0 aliphatic rings. The topological polar surface area (TPSA) is 120 Å². The van der Waals surface area contributed by atoms with Crippen LogP contribution in [0.2, 0.25) is 0 Å². The third-order valence-corrected chi connectivity index (χ3v) is 6.57. The lowest BCUT2D eigenvalue weighted by Crippen LogP contribution is -2.11. The number of aromatic nitrogens is 2. The third-order valence-electron chi connectivity index (χ3n) is 5.59. The fraction of sp³-hybridized carbons (Fsp3) is 0.0909. The number of rotatable bonds is 1. The fourth-order valence-electron chi connectivity index (χ4n) is 4.13. The van der Waals surface area contributed by atoms with Gasteiger partial charge in [0.15, 0.2) is 10.9 Å². The molecule has 7 nitrogen and oxygen atoms in total. The summed E-state index contributed by atoms with van der Waals surface area (Å²) in [5.41, 5.74) is 2.17. The molecule has 0 spiro atoms. The van der Waals surface area contributed by atoms with Gasteiger partial charge >= 0.3 is 0 Å². The molecule has 0 saturated heterocycles. The summed E-state index contributed by atoms with van der Waals surface area (Å²) in [5.74, 6) is 0. The molecule has 2 aromatic heterocycles. The van der Waals surface area contributed by atoms with Gasteiger partial charge in [-0.25, -0.2) is 0 Å². The summed E-state index contributed by atoms with van der Waals surface area (Å²) in [6, 6.07) is 11.7. The normalized spacial score (nSPS) is 12.4. The Morgan fingerprint density at radius 3 is 2.13 bits per heavy atom. The second kappa shape index (κ2) is 6.01. The number of pyridine rings is 2. The molecule has 5 rings (SSSR count). The number of hydrogen-bond donors (Lipinski definition) is 3. The highest BCUT2D eigenvalue weighted by molar-refractivity contribution is 7.85. The van der Waals surface area contributed by atoms with E-state index < -0.39 is 10.1 Å². The zero-order chi connectivity index (χ0) is 21.4. The van der Waals surface area contributed by atoms with Gasteiger partial charge in [0, 0.05) is 27.1 Å². The number of aryl methyl sites for hydroxylation is 2. The van der Waals surface area contributed by atoms with Gasteiger partial charge in [0.2, 0.25) is 0 Å². The molecule has 0 aliphatic carbocycles. The van der Waals surface area contributed by atoms with Gasteiger partial charge in [-0.1, -0.05) is 12.1 Å². The van der Waals surface area contributed by atoms with E-state index in [0.29, 0.717) is 49.2 Å². The summed E-state index contributed by atoms with van der Waals surface area (Å²) in [6.45, 7) is 3.14. The van der Waals surface area contributed by atoms with E-state index in [1.165, 1.54) is 13.0 Å². The number of fused-ring (bicyclic) bond motifs is 4. The van der Waals surface area contributed by atoms with Crippen LogP contribution in [0.15, 0.2) is 56.9 Å². The van der Waals surface area contributed by atoms with E-state index in [0.717, 1.165) is 0 Å². The Morgan fingerprint density at radius 1 is 0.800 bits per heavy atom. The SMILES string of the molecule is Cc1c(S(=O)(=O)O)cc(C)c2c(=O)c3cc4[nH]c5ccccc5c(=O)c4cc3[nH]c12. The largest absolute Gasteiger partial charge is 0.354 e. The minimum absolute atomic E-state index is 0.165. The summed E-state index contributed by atoms with van der Waals surface area (Å²) in [6.07, 6.45) is 0. The first-order valence-corrected chi connectivity index (χ1v) is 10.6. The van der Waals surface area contributed by atoms with Gasteiger partial charge < -0.3 is 9.97 Å². The molecule has 0 saturated carbocycles. The second-order valence-electron chi connectivity index (χ2n) is 7.44. The highest BCUT2D eigenvalue weighted by Crippen LogP contribution is 2.28. The Kier molecular flexibility index (Phi) is 3.71. The summed E-state index contributed by atoms with van der Waals surface area (Å²) < 4.78 is 33.1. The molecule has 0 unspecified atom stereocenters. The Morgan fingerprint density at radius 2 is 1.43 bits per heavy atom. The van der Waals surface area contributed by atoms with Crippen molar-refractivity contribution in [2.45, 2.75) is 18.7 Å². The highest BCUT2D eigenvalue weighted by atomic mass is 32.2. The zero-order valence-corrected chi connectivity index (χ0v) is 16.8. The van der Waals surface area contributed by atoms with Crippen LogP contribution in [0.4, 0.5) is 0 Å². The number of nitrogens with one attached hydrogen (secondary N) is 2. The second-order valence-corrected chi connectivity index (χ2v) is 8.83. The predicted molar refractivity (Wildman–Crippen MR) is 117 cm³/mol. The van der Waals surface area contributed by atoms with E-state index in [1.54, 1.807) is 37.3 Å². The van der Waals surface area contributed by atoms with Crippen molar-refractivity contribution in [2.75, 3.05) is 0 Å². The van der Waals surface area contributed by atoms with Crippen molar-refractivity contribution in [3.05, 3.63) is 74.0 Å². The van der Waals surface area contributed by atoms with Crippen molar-refractivity contribution >= 4 is 53.7 Å². The van der Waals surface area contributed by atoms with Gasteiger partial charge in [-0.3, -0.25) is 14.1 Å². The van der Waals surface area contributed by atoms with Crippen molar-refractivity contribution in [3.63, 3.8) is 0 Å². The third kappa shape index (κ3) is 2.51. The van der Waals surface area contributed by atoms with E-state index in [2.05, 4.69) is 9.97 Å². The minimum atomic E-state index is -4.46. The van der Waals surface area contributed by atoms with Gasteiger partial charge in [0.1, 0.15) is 0 Å². The van der Waals surface area contributed by atoms with Crippen molar-refractivity contribution in [2.24, 2.45) is 0 Å². The van der Waals surface area contributed by atoms with E-state index in [4.69, 9.17) is 0 Å². The first kappa shape index (κ1) is 18.5. The van der Waals surface area contributed by atoms with Crippen molar-refractivity contribution in [1.29, 1.82) is 0 Å². The Labute approximate surface area is 169 Å². The zero-order valence-electron chi connectivity index (χ0n) is 16.0. The number of H-pyrrole nitrogens is 2. The Hall–Kier alpha value is -3.49. The van der Waals surface area contributed by atoms with Gasteiger partial charge in [-0.2, -0.15) is 8.42 Å². The maximum absolute atomic E-state index is 13.3. The van der Waals surface area contributed by atoms with Crippen LogP contribution in [0.5, 0.6) is 0 Å². The average Bonchev–Trinajstić information content (AvgIpc) is 2.69. The lowest BCUT2D eigenvalue weighted by Gasteiger charge is -2.12. The molecule has 8 heteroatoms. The van der Waals surface area contributed by atoms with Crippen molar-refractivity contribution in [1.82, 2.24) is 9.97 Å². The minimum Gasteiger partial charge on any atom is -0.354 e. The molecule has 5 aromatic rings. The number of para-hydroxylation sites is 1. The molecule has 150 valence electrons. The molecule has 0 fully saturated rings. The van der Waals surface area contributed by atoms with Crippen LogP contribution in [0.3, 0.4) is 0 Å². The summed E-state index contributed by atoms with van der Waals surface area (Å²) in [7, 11) is -4.46. The quantitative estimate of drug-likeness (QED) is 0.283. The molecule has 0 bridgehead atoms. The summed E-state index contributed by atoms with van der Waals surface area (Å²) in [4.78, 5) is 32.3. The van der Waals surface area contributed by atoms with Crippen molar-refractivity contribution < 1.29 is 13.0 Å². The fourth-order valence-corrected chi connectivity index (χ4v) is 4.95. The van der Waals surface area contributed by atoms with Crippen LogP contribution >= 0.6 is 0 Å². The van der Waals surface area contributed by atoms with Crippen LogP contribution in [-0.4, -0.2) is 22.9 Å².